The summed E-state index contributed by atoms with van der Waals surface area (Å²) < 4.78 is 36.9. The van der Waals surface area contributed by atoms with E-state index in [1.165, 1.54) is 0 Å². The van der Waals surface area contributed by atoms with E-state index in [0.29, 0.717) is 30.4 Å². The van der Waals surface area contributed by atoms with Crippen LogP contribution in [-0.4, -0.2) is 39.8 Å². The summed E-state index contributed by atoms with van der Waals surface area (Å²) in [7, 11) is -3.68. The zero-order valence-corrected chi connectivity index (χ0v) is 18.0. The third-order valence-electron chi connectivity index (χ3n) is 4.22. The first kappa shape index (κ1) is 22.5. The highest BCUT2D eigenvalue weighted by Crippen LogP contribution is 2.24. The summed E-state index contributed by atoms with van der Waals surface area (Å²) in [6.07, 6.45) is 1.08. The van der Waals surface area contributed by atoms with Gasteiger partial charge in [-0.05, 0) is 51.1 Å². The number of carbonyl (C=O) groups excluding carboxylic acids is 1. The van der Waals surface area contributed by atoms with Gasteiger partial charge in [0.1, 0.15) is 17.5 Å². The molecule has 0 radical (unpaired) electrons. The standard InChI is InChI=1S/C21H28N2O5S/c1-5-27-19-13-11-18(12-14-19)23(29(4,25)26)16(3)21(24)22-15-17-9-7-8-10-20(17)28-6-2/h7-14,16H,5-6,15H2,1-4H3,(H,22,24)/t16-/m1/s1. The third kappa shape index (κ3) is 6.12. The molecule has 1 amide bonds. The van der Waals surface area contributed by atoms with Crippen LogP contribution >= 0.6 is 0 Å². The van der Waals surface area contributed by atoms with Gasteiger partial charge in [0.15, 0.2) is 0 Å². The predicted molar refractivity (Wildman–Crippen MR) is 114 cm³/mol. The third-order valence-corrected chi connectivity index (χ3v) is 5.46. The number of hydrogen-bond donors (Lipinski definition) is 1. The molecule has 2 aromatic carbocycles. The fraction of sp³-hybridized carbons (Fsp3) is 0.381. The molecular weight excluding hydrogens is 392 g/mol. The van der Waals surface area contributed by atoms with Crippen LogP contribution in [0.1, 0.15) is 26.3 Å². The van der Waals surface area contributed by atoms with Crippen LogP contribution in [0.5, 0.6) is 11.5 Å². The van der Waals surface area contributed by atoms with Crippen LogP contribution in [0, 0.1) is 0 Å². The molecule has 158 valence electrons. The first-order valence-corrected chi connectivity index (χ1v) is 11.3. The van der Waals surface area contributed by atoms with Crippen molar-refractivity contribution >= 4 is 21.6 Å². The molecule has 29 heavy (non-hydrogen) atoms. The topological polar surface area (TPSA) is 84.9 Å². The van der Waals surface area contributed by atoms with Gasteiger partial charge in [0.25, 0.3) is 0 Å². The van der Waals surface area contributed by atoms with Gasteiger partial charge in [0.2, 0.25) is 15.9 Å². The maximum absolute atomic E-state index is 12.7. The van der Waals surface area contributed by atoms with Gasteiger partial charge in [-0.25, -0.2) is 8.42 Å². The number of hydrogen-bond acceptors (Lipinski definition) is 5. The number of ether oxygens (including phenoxy) is 2. The van der Waals surface area contributed by atoms with Crippen LogP contribution in [0.4, 0.5) is 5.69 Å². The molecule has 0 aliphatic carbocycles. The Labute approximate surface area is 172 Å². The van der Waals surface area contributed by atoms with Crippen LogP contribution in [0.15, 0.2) is 48.5 Å². The van der Waals surface area contributed by atoms with Gasteiger partial charge >= 0.3 is 0 Å². The molecule has 0 spiro atoms. The van der Waals surface area contributed by atoms with Crippen LogP contribution in [0.3, 0.4) is 0 Å². The average molecular weight is 421 g/mol. The highest BCUT2D eigenvalue weighted by molar-refractivity contribution is 7.92. The van der Waals surface area contributed by atoms with E-state index >= 15 is 0 Å². The largest absolute Gasteiger partial charge is 0.494 e. The van der Waals surface area contributed by atoms with E-state index in [9.17, 15) is 13.2 Å². The second-order valence-corrected chi connectivity index (χ2v) is 8.28. The molecule has 0 saturated heterocycles. The molecular formula is C21H28N2O5S. The Bertz CT molecular complexity index is 913. The minimum absolute atomic E-state index is 0.236. The summed E-state index contributed by atoms with van der Waals surface area (Å²) in [5, 5.41) is 2.80. The van der Waals surface area contributed by atoms with E-state index in [1.54, 1.807) is 31.2 Å². The van der Waals surface area contributed by atoms with E-state index in [1.807, 2.05) is 38.1 Å². The Kier molecular flexibility index (Phi) is 7.90. The van der Waals surface area contributed by atoms with Crippen molar-refractivity contribution in [1.29, 1.82) is 0 Å². The van der Waals surface area contributed by atoms with Crippen molar-refractivity contribution in [3.63, 3.8) is 0 Å². The lowest BCUT2D eigenvalue weighted by Crippen LogP contribution is -2.47. The van der Waals surface area contributed by atoms with Crippen LogP contribution in [0.25, 0.3) is 0 Å². The van der Waals surface area contributed by atoms with E-state index in [4.69, 9.17) is 9.47 Å². The normalized spacial score (nSPS) is 12.1. The summed E-state index contributed by atoms with van der Waals surface area (Å²) in [5.74, 6) is 0.916. The number of sulfonamides is 1. The van der Waals surface area contributed by atoms with Crippen molar-refractivity contribution in [2.75, 3.05) is 23.8 Å². The Balaban J connectivity index is 2.17. The Morgan fingerprint density at radius 2 is 1.66 bits per heavy atom. The molecule has 0 aliphatic heterocycles. The van der Waals surface area contributed by atoms with Crippen molar-refractivity contribution in [2.45, 2.75) is 33.4 Å². The zero-order chi connectivity index (χ0) is 21.4. The van der Waals surface area contributed by atoms with Gasteiger partial charge in [-0.15, -0.1) is 0 Å². The van der Waals surface area contributed by atoms with Gasteiger partial charge in [-0.1, -0.05) is 18.2 Å². The first-order valence-electron chi connectivity index (χ1n) is 9.48. The predicted octanol–water partition coefficient (Wildman–Crippen LogP) is 2.95. The number of para-hydroxylation sites is 1. The quantitative estimate of drug-likeness (QED) is 0.639. The molecule has 1 N–H and O–H groups in total. The summed E-state index contributed by atoms with van der Waals surface area (Å²) >= 11 is 0. The number of anilines is 1. The van der Waals surface area contributed by atoms with E-state index in [-0.39, 0.29) is 6.54 Å². The smallest absolute Gasteiger partial charge is 0.243 e. The van der Waals surface area contributed by atoms with Gasteiger partial charge in [0.05, 0.1) is 25.2 Å². The molecule has 0 saturated carbocycles. The Morgan fingerprint density at radius 1 is 1.03 bits per heavy atom. The second-order valence-electron chi connectivity index (χ2n) is 6.42. The molecule has 0 aromatic heterocycles. The fourth-order valence-electron chi connectivity index (χ4n) is 2.94. The van der Waals surface area contributed by atoms with E-state index in [2.05, 4.69) is 5.32 Å². The van der Waals surface area contributed by atoms with Crippen LogP contribution < -0.4 is 19.1 Å². The van der Waals surface area contributed by atoms with Gasteiger partial charge in [-0.2, -0.15) is 0 Å². The SMILES string of the molecule is CCOc1ccc(N([C@H](C)C(=O)NCc2ccccc2OCC)S(C)(=O)=O)cc1. The van der Waals surface area contributed by atoms with Crippen molar-refractivity contribution in [2.24, 2.45) is 0 Å². The zero-order valence-electron chi connectivity index (χ0n) is 17.2. The van der Waals surface area contributed by atoms with Crippen LogP contribution in [0.2, 0.25) is 0 Å². The first-order chi connectivity index (χ1) is 13.8. The number of nitrogens with zero attached hydrogens (tertiary/aromatic N) is 1. The minimum Gasteiger partial charge on any atom is -0.494 e. The van der Waals surface area contributed by atoms with Gasteiger partial charge < -0.3 is 14.8 Å². The molecule has 8 heteroatoms. The molecule has 0 unspecified atom stereocenters. The number of rotatable bonds is 10. The Hall–Kier alpha value is -2.74. The molecule has 1 atom stereocenters. The molecule has 0 heterocycles. The lowest BCUT2D eigenvalue weighted by molar-refractivity contribution is -0.122. The summed E-state index contributed by atoms with van der Waals surface area (Å²) in [6.45, 7) is 6.57. The Morgan fingerprint density at radius 3 is 2.24 bits per heavy atom. The van der Waals surface area contributed by atoms with Crippen molar-refractivity contribution in [3.8, 4) is 11.5 Å². The number of nitrogens with one attached hydrogen (secondary N) is 1. The number of carbonyl (C=O) groups is 1. The molecule has 2 rings (SSSR count). The van der Waals surface area contributed by atoms with Crippen LogP contribution in [-0.2, 0) is 21.4 Å². The highest BCUT2D eigenvalue weighted by atomic mass is 32.2. The minimum atomic E-state index is -3.68. The van der Waals surface area contributed by atoms with Crippen molar-refractivity contribution in [3.05, 3.63) is 54.1 Å². The molecule has 7 nitrogen and oxygen atoms in total. The molecule has 0 aliphatic rings. The van der Waals surface area contributed by atoms with E-state index in [0.717, 1.165) is 16.1 Å². The number of amides is 1. The van der Waals surface area contributed by atoms with Gasteiger partial charge in [-0.3, -0.25) is 9.10 Å². The molecule has 2 aromatic rings. The maximum Gasteiger partial charge on any atom is 0.243 e. The number of benzene rings is 2. The molecule has 0 fully saturated rings. The summed E-state index contributed by atoms with van der Waals surface area (Å²) in [4.78, 5) is 12.7. The lowest BCUT2D eigenvalue weighted by atomic mass is 10.2. The second kappa shape index (κ2) is 10.2. The van der Waals surface area contributed by atoms with Crippen molar-refractivity contribution in [1.82, 2.24) is 5.32 Å². The van der Waals surface area contributed by atoms with Crippen molar-refractivity contribution < 1.29 is 22.7 Å². The van der Waals surface area contributed by atoms with Gasteiger partial charge in [0, 0.05) is 12.1 Å². The summed E-state index contributed by atoms with van der Waals surface area (Å²) in [6, 6.07) is 13.1. The average Bonchev–Trinajstić information content (AvgIpc) is 2.68. The highest BCUT2D eigenvalue weighted by Gasteiger charge is 2.29. The lowest BCUT2D eigenvalue weighted by Gasteiger charge is -2.28. The monoisotopic (exact) mass is 420 g/mol. The fourth-order valence-corrected chi connectivity index (χ4v) is 4.12. The van der Waals surface area contributed by atoms with E-state index < -0.39 is 22.0 Å². The molecule has 0 bridgehead atoms. The maximum atomic E-state index is 12.7. The summed E-state index contributed by atoms with van der Waals surface area (Å²) in [5.41, 5.74) is 1.22.